The normalized spacial score (nSPS) is 29.8. The number of rotatable bonds is 16. The first-order valence-corrected chi connectivity index (χ1v) is 21.2. The lowest BCUT2D eigenvalue weighted by Crippen LogP contribution is -2.70. The molecule has 2 aliphatic heterocycles. The van der Waals surface area contributed by atoms with Gasteiger partial charge in [-0.3, -0.25) is 14.9 Å². The third-order valence-electron chi connectivity index (χ3n) is 10.3. The van der Waals surface area contributed by atoms with Crippen molar-refractivity contribution in [1.29, 1.82) is 0 Å². The van der Waals surface area contributed by atoms with E-state index in [0.29, 0.717) is 5.56 Å². The first kappa shape index (κ1) is 52.7. The molecule has 65 heavy (non-hydrogen) atoms. The van der Waals surface area contributed by atoms with Gasteiger partial charge in [-0.2, -0.15) is 0 Å². The number of nitrogens with zero attached hydrogens (tertiary/aromatic N) is 1. The predicted molar refractivity (Wildman–Crippen MR) is 226 cm³/mol. The zero-order valence-electron chi connectivity index (χ0n) is 37.8. The highest BCUT2D eigenvalue weighted by Crippen LogP contribution is 2.33. The van der Waals surface area contributed by atoms with Crippen molar-refractivity contribution in [3.63, 3.8) is 0 Å². The lowest BCUT2D eigenvalue weighted by atomic mass is 9.82. The number of alkyl carbamates (subject to hydrolysis) is 3. The summed E-state index contributed by atoms with van der Waals surface area (Å²) in [5, 5.41) is 69.5. The van der Waals surface area contributed by atoms with E-state index in [-0.39, 0.29) is 57.0 Å². The molecule has 4 rings (SSSR count). The second-order valence-electron chi connectivity index (χ2n) is 18.2. The molecule has 1 saturated carbocycles. The van der Waals surface area contributed by atoms with Crippen molar-refractivity contribution in [1.82, 2.24) is 26.6 Å². The quantitative estimate of drug-likeness (QED) is 0.0594. The molecule has 0 aromatic heterocycles. The average Bonchev–Trinajstić information content (AvgIpc) is 3.19. The summed E-state index contributed by atoms with van der Waals surface area (Å²) in [4.78, 5) is 62.9. The number of amides is 4. The van der Waals surface area contributed by atoms with Crippen molar-refractivity contribution in [3.05, 3.63) is 51.8 Å². The van der Waals surface area contributed by atoms with Crippen LogP contribution < -0.4 is 32.3 Å². The third-order valence-corrected chi connectivity index (χ3v) is 10.3. The van der Waals surface area contributed by atoms with Gasteiger partial charge in [-0.25, -0.2) is 14.4 Å². The van der Waals surface area contributed by atoms with Crippen molar-refractivity contribution in [2.75, 3.05) is 26.7 Å². The minimum absolute atomic E-state index is 0.0246. The molecule has 24 heteroatoms. The summed E-state index contributed by atoms with van der Waals surface area (Å²) in [6, 6.07) is 0.952. The summed E-state index contributed by atoms with van der Waals surface area (Å²) < 4.78 is 40.9. The molecule has 1 aromatic carbocycles. The Labute approximate surface area is 376 Å². The van der Waals surface area contributed by atoms with E-state index in [0.717, 1.165) is 0 Å². The topological polar surface area (TPSA) is 343 Å². The number of carbonyl (C=O) groups is 4. The van der Waals surface area contributed by atoms with E-state index < -0.39 is 113 Å². The summed E-state index contributed by atoms with van der Waals surface area (Å²) in [6.45, 7) is 10.5. The van der Waals surface area contributed by atoms with Gasteiger partial charge in [-0.05, 0) is 105 Å². The summed E-state index contributed by atoms with van der Waals surface area (Å²) in [6.07, 6.45) is -12.4. The Bertz CT molecular complexity index is 1820. The lowest BCUT2D eigenvalue weighted by Gasteiger charge is -2.49. The van der Waals surface area contributed by atoms with E-state index in [4.69, 9.17) is 38.9 Å². The number of ether oxygens (including phenoxy) is 7. The van der Waals surface area contributed by atoms with E-state index >= 15 is 0 Å². The highest BCUT2D eigenvalue weighted by molar-refractivity contribution is 5.81. The van der Waals surface area contributed by atoms with Crippen LogP contribution in [0.15, 0.2) is 36.1 Å². The highest BCUT2D eigenvalue weighted by Gasteiger charge is 2.53. The fourth-order valence-electron chi connectivity index (χ4n) is 7.28. The lowest BCUT2D eigenvalue weighted by molar-refractivity contribution is -0.384. The molecule has 1 aromatic rings. The van der Waals surface area contributed by atoms with Gasteiger partial charge in [0.2, 0.25) is 12.2 Å². The number of carbonyl (C=O) groups excluding carboxylic acids is 4. The molecule has 0 bridgehead atoms. The summed E-state index contributed by atoms with van der Waals surface area (Å²) in [7, 11) is 1.51. The third kappa shape index (κ3) is 15.6. The number of hydrogen-bond donors (Lipinski definition) is 10. The molecule has 12 atom stereocenters. The second-order valence-corrected chi connectivity index (χ2v) is 18.2. The number of benzene rings is 1. The molecular formula is C41H65N7O17. The number of nitrogens with two attached hydrogens (primary N) is 1. The van der Waals surface area contributed by atoms with E-state index in [1.165, 1.54) is 38.2 Å². The van der Waals surface area contributed by atoms with Gasteiger partial charge >= 0.3 is 18.3 Å². The van der Waals surface area contributed by atoms with Crippen LogP contribution in [0.4, 0.5) is 20.1 Å². The van der Waals surface area contributed by atoms with Crippen molar-refractivity contribution < 1.29 is 77.7 Å². The molecule has 11 N–H and O–H groups in total. The average molecular weight is 928 g/mol. The first-order valence-electron chi connectivity index (χ1n) is 21.2. The van der Waals surface area contributed by atoms with Crippen LogP contribution in [0.2, 0.25) is 0 Å². The van der Waals surface area contributed by atoms with Gasteiger partial charge in [0.1, 0.15) is 59.7 Å². The molecule has 24 nitrogen and oxygen atoms in total. The van der Waals surface area contributed by atoms with Crippen LogP contribution in [0.1, 0.15) is 73.3 Å². The van der Waals surface area contributed by atoms with Gasteiger partial charge in [0.05, 0.1) is 42.2 Å². The maximum atomic E-state index is 13.4. The molecule has 2 fully saturated rings. The number of aliphatic hydroxyl groups excluding tert-OH is 3. The maximum Gasteiger partial charge on any atom is 0.408 e. The summed E-state index contributed by atoms with van der Waals surface area (Å²) in [5.74, 6) is -0.759. The van der Waals surface area contributed by atoms with Crippen molar-refractivity contribution in [2.45, 2.75) is 158 Å². The van der Waals surface area contributed by atoms with Crippen LogP contribution in [0.25, 0.3) is 0 Å². The first-order chi connectivity index (χ1) is 30.3. The number of aliphatic hydroxyl groups is 4. The van der Waals surface area contributed by atoms with E-state index in [9.17, 15) is 49.7 Å². The Kier molecular flexibility index (Phi) is 18.3. The molecule has 1 aliphatic carbocycles. The zero-order valence-corrected chi connectivity index (χ0v) is 37.8. The van der Waals surface area contributed by atoms with Gasteiger partial charge in [0.15, 0.2) is 6.29 Å². The minimum Gasteiger partial charge on any atom is -0.465 e. The van der Waals surface area contributed by atoms with Crippen molar-refractivity contribution in [3.8, 4) is 0 Å². The molecule has 0 radical (unpaired) electrons. The number of nitro groups is 1. The Morgan fingerprint density at radius 1 is 0.908 bits per heavy atom. The van der Waals surface area contributed by atoms with E-state index in [1.807, 2.05) is 0 Å². The molecule has 366 valence electrons. The Morgan fingerprint density at radius 2 is 1.48 bits per heavy atom. The van der Waals surface area contributed by atoms with E-state index in [1.54, 1.807) is 47.6 Å². The van der Waals surface area contributed by atoms with Gasteiger partial charge in [0.25, 0.3) is 5.69 Å². The van der Waals surface area contributed by atoms with Crippen LogP contribution in [0.3, 0.4) is 0 Å². The van der Waals surface area contributed by atoms with Gasteiger partial charge in [0, 0.05) is 12.1 Å². The van der Waals surface area contributed by atoms with Gasteiger partial charge in [-0.15, -0.1) is 0 Å². The molecule has 0 spiro atoms. The Balaban J connectivity index is 1.66. The molecule has 1 saturated heterocycles. The van der Waals surface area contributed by atoms with Gasteiger partial charge < -0.3 is 85.9 Å². The zero-order chi connectivity index (χ0) is 48.4. The molecule has 12 unspecified atom stereocenters. The number of nitro benzene ring substituents is 1. The predicted octanol–water partition coefficient (Wildman–Crippen LogP) is 0.0236. The molecule has 3 aliphatic rings. The fourth-order valence-corrected chi connectivity index (χ4v) is 7.28. The van der Waals surface area contributed by atoms with Crippen LogP contribution >= 0.6 is 0 Å². The molecular weight excluding hydrogens is 862 g/mol. The van der Waals surface area contributed by atoms with Gasteiger partial charge in [-0.1, -0.05) is 0 Å². The summed E-state index contributed by atoms with van der Waals surface area (Å²) in [5.41, 5.74) is 2.49. The Hall–Kier alpha value is -4.92. The number of non-ortho nitro benzene ring substituents is 1. The van der Waals surface area contributed by atoms with E-state index in [2.05, 4.69) is 26.6 Å². The minimum atomic E-state index is -1.83. The monoisotopic (exact) mass is 927 g/mol. The number of hydrogen-bond acceptors (Lipinski definition) is 19. The second kappa shape index (κ2) is 22.5. The van der Waals surface area contributed by atoms with Crippen LogP contribution in [-0.2, 0) is 44.6 Å². The van der Waals surface area contributed by atoms with Crippen molar-refractivity contribution in [2.24, 2.45) is 5.73 Å². The standard InChI is InChI=1S/C41H65N7O17/c1-39(2,3)64-37(54)46-24-14-13-23(18-44-36(53)59-19-21-9-11-22(12-10-21)48(57)58)61-34(24)62-31-26(47-38(55)65-40(4,5)6)17-25(45-33(52)27(49)15-16-42)30(28(31)50)63-35-29(51)32(43-8)41(7,56)20-60-35/h9-13,24-32,34-35,43,49-51,56H,14-20,42H2,1-8H3,(H,44,53)(H,45,52)(H,46,54)(H,47,55). The molecule has 2 heterocycles. The van der Waals surface area contributed by atoms with Crippen LogP contribution in [0, 0.1) is 10.1 Å². The fraction of sp³-hybridized carbons (Fsp3) is 0.707. The number of likely N-dealkylation sites (N-methyl/N-ethyl adjacent to an activating group) is 1. The Morgan fingerprint density at radius 3 is 2.03 bits per heavy atom. The smallest absolute Gasteiger partial charge is 0.408 e. The van der Waals surface area contributed by atoms with Crippen LogP contribution in [0.5, 0.6) is 0 Å². The number of nitrogens with one attached hydrogen (secondary N) is 5. The van der Waals surface area contributed by atoms with Crippen LogP contribution in [-0.4, -0.2) is 160 Å². The highest BCUT2D eigenvalue weighted by atomic mass is 16.7. The maximum absolute atomic E-state index is 13.4. The SMILES string of the molecule is CNC1C(O)C(OC2C(NC(=O)C(O)CCN)CC(NC(=O)OC(C)(C)C)C(OC3OC(CNC(=O)OCc4ccc([N+](=O)[O-])cc4)=CCC3NC(=O)OC(C)(C)C)C2O)OCC1(C)O. The largest absolute Gasteiger partial charge is 0.465 e. The molecule has 4 amide bonds. The summed E-state index contributed by atoms with van der Waals surface area (Å²) >= 11 is 0. The van der Waals surface area contributed by atoms with Crippen molar-refractivity contribution >= 4 is 29.9 Å².